The molecule has 12 N–H and O–H groups in total. The van der Waals surface area contributed by atoms with Gasteiger partial charge in [0.25, 0.3) is 0 Å². The fourth-order valence-corrected chi connectivity index (χ4v) is 9.49. The third-order valence-corrected chi connectivity index (χ3v) is 14.4. The van der Waals surface area contributed by atoms with E-state index in [9.17, 15) is 61.0 Å². The predicted molar refractivity (Wildman–Crippen MR) is 304 cm³/mol. The summed E-state index contributed by atoms with van der Waals surface area (Å²) in [5.74, 6) is -0.301. The summed E-state index contributed by atoms with van der Waals surface area (Å²) in [5, 5.41) is 120. The minimum Gasteiger partial charge on any atom is -0.394 e. The molecule has 1 amide bonds. The zero-order valence-electron chi connectivity index (χ0n) is 47.8. The smallest absolute Gasteiger partial charge is 0.220 e. The van der Waals surface area contributed by atoms with Crippen molar-refractivity contribution in [1.82, 2.24) is 5.32 Å². The maximum atomic E-state index is 13.3. The highest BCUT2D eigenvalue weighted by Gasteiger charge is 2.53. The summed E-state index contributed by atoms with van der Waals surface area (Å²) in [7, 11) is 0. The van der Waals surface area contributed by atoms with Gasteiger partial charge >= 0.3 is 0 Å². The molecule has 0 aromatic carbocycles. The molecule has 0 aliphatic carbocycles. The lowest BCUT2D eigenvalue weighted by Crippen LogP contribution is -2.66. The summed E-state index contributed by atoms with van der Waals surface area (Å²) in [4.78, 5) is 13.3. The van der Waals surface area contributed by atoms with Crippen LogP contribution in [0.25, 0.3) is 0 Å². The van der Waals surface area contributed by atoms with Crippen molar-refractivity contribution in [2.45, 2.75) is 266 Å². The van der Waals surface area contributed by atoms with Crippen LogP contribution in [0.2, 0.25) is 0 Å². The van der Waals surface area contributed by atoms with E-state index in [4.69, 9.17) is 28.4 Å². The van der Waals surface area contributed by atoms with Gasteiger partial charge in [-0.05, 0) is 77.0 Å². The first kappa shape index (κ1) is 71.2. The number of nitrogens with one attached hydrogen (secondary N) is 1. The van der Waals surface area contributed by atoms with Crippen molar-refractivity contribution in [3.63, 3.8) is 0 Å². The molecule has 3 saturated heterocycles. The van der Waals surface area contributed by atoms with Gasteiger partial charge in [-0.15, -0.1) is 0 Å². The summed E-state index contributed by atoms with van der Waals surface area (Å²) in [6.07, 6.45) is 25.7. The van der Waals surface area contributed by atoms with E-state index >= 15 is 0 Å². The van der Waals surface area contributed by atoms with E-state index in [1.165, 1.54) is 44.9 Å². The molecule has 0 radical (unpaired) electrons. The van der Waals surface area contributed by atoms with Crippen LogP contribution in [0.1, 0.15) is 162 Å². The summed E-state index contributed by atoms with van der Waals surface area (Å²) in [5.41, 5.74) is 0. The number of rotatable bonds is 42. The Balaban J connectivity index is 1.48. The van der Waals surface area contributed by atoms with E-state index in [-0.39, 0.29) is 18.9 Å². The molecular weight excluding hydrogens is 1030 g/mol. The Bertz CT molecular complexity index is 1790. The first-order valence-corrected chi connectivity index (χ1v) is 29.8. The van der Waals surface area contributed by atoms with E-state index in [2.05, 4.69) is 92.1 Å². The topological polar surface area (TPSA) is 307 Å². The normalized spacial score (nSPS) is 30.6. The van der Waals surface area contributed by atoms with Crippen LogP contribution in [0.4, 0.5) is 0 Å². The van der Waals surface area contributed by atoms with E-state index in [1.807, 2.05) is 6.08 Å². The molecule has 0 spiro atoms. The number of aliphatic hydroxyl groups excluding tert-OH is 11. The maximum Gasteiger partial charge on any atom is 0.220 e. The lowest BCUT2D eigenvalue weighted by molar-refractivity contribution is -0.379. The lowest BCUT2D eigenvalue weighted by Gasteiger charge is -2.48. The van der Waals surface area contributed by atoms with Gasteiger partial charge in [0.15, 0.2) is 18.9 Å². The Kier molecular flexibility index (Phi) is 38.8. The number of ether oxygens (including phenoxy) is 6. The maximum absolute atomic E-state index is 13.3. The second-order valence-corrected chi connectivity index (χ2v) is 21.1. The van der Waals surface area contributed by atoms with Crippen LogP contribution in [0, 0.1) is 0 Å². The molecule has 17 atom stereocenters. The van der Waals surface area contributed by atoms with Gasteiger partial charge in [0.1, 0.15) is 73.2 Å². The highest BCUT2D eigenvalue weighted by atomic mass is 16.8. The summed E-state index contributed by atoms with van der Waals surface area (Å²) in [6.45, 7) is 1.50. The van der Waals surface area contributed by atoms with Gasteiger partial charge in [-0.3, -0.25) is 4.79 Å². The van der Waals surface area contributed by atoms with Gasteiger partial charge in [0.2, 0.25) is 5.91 Å². The highest BCUT2D eigenvalue weighted by molar-refractivity contribution is 5.76. The third kappa shape index (κ3) is 27.1. The molecule has 3 fully saturated rings. The number of carbonyl (C=O) groups is 1. The van der Waals surface area contributed by atoms with Crippen LogP contribution in [-0.2, 0) is 33.2 Å². The van der Waals surface area contributed by atoms with E-state index in [0.29, 0.717) is 12.8 Å². The van der Waals surface area contributed by atoms with E-state index < -0.39 is 124 Å². The zero-order chi connectivity index (χ0) is 58.3. The zero-order valence-corrected chi connectivity index (χ0v) is 47.8. The monoisotopic (exact) mass is 1140 g/mol. The largest absolute Gasteiger partial charge is 0.394 e. The molecule has 80 heavy (non-hydrogen) atoms. The van der Waals surface area contributed by atoms with E-state index in [0.717, 1.165) is 83.5 Å². The number of aliphatic hydroxyl groups is 11. The second kappa shape index (κ2) is 43.6. The molecular formula is C61H103NO18. The molecule has 3 aliphatic rings. The second-order valence-electron chi connectivity index (χ2n) is 21.1. The predicted octanol–water partition coefficient (Wildman–Crippen LogP) is 5.20. The standard InChI is InChI=1S/C61H103NO18/c1-3-5-7-9-11-13-15-17-18-19-20-21-22-23-24-25-26-27-29-31-33-35-37-39-49(67)62-44(45(66)38-36-34-32-30-28-16-14-12-10-8-6-4-2)43-75-59-55(73)52(70)57(47(41-64)77-59)80-61-56(74)53(71)58(48(42-65)78-61)79-60-54(72)51(69)50(68)46(40-63)76-60/h5,7,10-13,17-18,20-21,28,30,36,38,44-48,50-61,63-66,68-74H,3-4,6,8-9,14-16,19,22-27,29,31-35,37,39-43H2,1-2H3,(H,62,67)/b7-5-,12-10+,13-11-,18-17-,21-20-,30-28+,38-36+. The number of amides is 1. The summed E-state index contributed by atoms with van der Waals surface area (Å²) in [6, 6.07) is -1.00. The fourth-order valence-electron chi connectivity index (χ4n) is 9.49. The number of hydrogen-bond donors (Lipinski definition) is 12. The quantitative estimate of drug-likeness (QED) is 0.0276. The Morgan fingerprint density at radius 1 is 0.463 bits per heavy atom. The molecule has 19 heteroatoms. The van der Waals surface area contributed by atoms with Crippen LogP contribution in [0.3, 0.4) is 0 Å². The van der Waals surface area contributed by atoms with Gasteiger partial charge in [-0.25, -0.2) is 0 Å². The van der Waals surface area contributed by atoms with Crippen molar-refractivity contribution in [2.75, 3.05) is 26.4 Å². The SMILES string of the molecule is CC/C=C\C/C=C\C/C=C\C/C=C\CCCCCCCCCCCCC(=O)NC(COC1OC(CO)C(OC2OC(CO)C(OC3OC(CO)C(O)C(O)C3O)C(O)C2O)C(O)C1O)C(O)/C=C/CC/C=C/CC/C=C/CCCC. The first-order chi connectivity index (χ1) is 38.8. The molecule has 0 aromatic heterocycles. The van der Waals surface area contributed by atoms with Crippen LogP contribution >= 0.6 is 0 Å². The molecule has 0 saturated carbocycles. The van der Waals surface area contributed by atoms with Crippen molar-refractivity contribution in [1.29, 1.82) is 0 Å². The average molecular weight is 1140 g/mol. The average Bonchev–Trinajstić information content (AvgIpc) is 3.45. The minimum atomic E-state index is -1.99. The summed E-state index contributed by atoms with van der Waals surface area (Å²) < 4.78 is 34.2. The molecule has 0 bridgehead atoms. The number of carbonyl (C=O) groups excluding carboxylic acids is 1. The molecule has 3 aliphatic heterocycles. The van der Waals surface area contributed by atoms with Crippen molar-refractivity contribution in [2.24, 2.45) is 0 Å². The third-order valence-electron chi connectivity index (χ3n) is 14.4. The molecule has 17 unspecified atom stereocenters. The van der Waals surface area contributed by atoms with Crippen molar-refractivity contribution < 1.29 is 89.4 Å². The van der Waals surface area contributed by atoms with Gasteiger partial charge in [-0.2, -0.15) is 0 Å². The van der Waals surface area contributed by atoms with E-state index in [1.54, 1.807) is 6.08 Å². The van der Waals surface area contributed by atoms with Crippen molar-refractivity contribution in [3.8, 4) is 0 Å². The molecule has 19 nitrogen and oxygen atoms in total. The first-order valence-electron chi connectivity index (χ1n) is 29.8. The Hall–Kier alpha value is -3.03. The molecule has 3 rings (SSSR count). The fraction of sp³-hybridized carbons (Fsp3) is 0.754. The van der Waals surface area contributed by atoms with Crippen molar-refractivity contribution >= 4 is 5.91 Å². The van der Waals surface area contributed by atoms with Crippen molar-refractivity contribution in [3.05, 3.63) is 85.1 Å². The molecule has 460 valence electrons. The molecule has 3 heterocycles. The van der Waals surface area contributed by atoms with Gasteiger partial charge < -0.3 is 89.9 Å². The van der Waals surface area contributed by atoms with Gasteiger partial charge in [0.05, 0.1) is 38.6 Å². The van der Waals surface area contributed by atoms with Gasteiger partial charge in [-0.1, -0.05) is 163 Å². The van der Waals surface area contributed by atoms with Gasteiger partial charge in [0, 0.05) is 6.42 Å². The summed E-state index contributed by atoms with van der Waals surface area (Å²) >= 11 is 0. The Morgan fingerprint density at radius 2 is 0.875 bits per heavy atom. The van der Waals surface area contributed by atoms with Crippen LogP contribution in [-0.4, -0.2) is 193 Å². The molecule has 0 aromatic rings. The number of hydrogen-bond acceptors (Lipinski definition) is 18. The van der Waals surface area contributed by atoms with Crippen LogP contribution in [0.5, 0.6) is 0 Å². The highest BCUT2D eigenvalue weighted by Crippen LogP contribution is 2.33. The number of allylic oxidation sites excluding steroid dienone is 13. The lowest BCUT2D eigenvalue weighted by atomic mass is 9.96. The van der Waals surface area contributed by atoms with Crippen LogP contribution in [0.15, 0.2) is 85.1 Å². The van der Waals surface area contributed by atoms with Crippen LogP contribution < -0.4 is 5.32 Å². The minimum absolute atomic E-state index is 0.221. The number of unbranched alkanes of at least 4 members (excludes halogenated alkanes) is 14. The Morgan fingerprint density at radius 3 is 1.40 bits per heavy atom. The Labute approximate surface area is 476 Å².